The summed E-state index contributed by atoms with van der Waals surface area (Å²) in [6.07, 6.45) is 0.0484. The molecule has 2 aromatic carbocycles. The van der Waals surface area contributed by atoms with Crippen molar-refractivity contribution in [3.8, 4) is 0 Å². The van der Waals surface area contributed by atoms with E-state index < -0.39 is 6.04 Å². The van der Waals surface area contributed by atoms with Crippen molar-refractivity contribution in [2.75, 3.05) is 7.05 Å². The van der Waals surface area contributed by atoms with Crippen molar-refractivity contribution in [2.45, 2.75) is 25.9 Å². The zero-order chi connectivity index (χ0) is 19.3. The van der Waals surface area contributed by atoms with Gasteiger partial charge < -0.3 is 10.2 Å². The first-order valence-corrected chi connectivity index (χ1v) is 8.77. The molecule has 26 heavy (non-hydrogen) atoms. The van der Waals surface area contributed by atoms with Gasteiger partial charge in [0.15, 0.2) is 0 Å². The van der Waals surface area contributed by atoms with E-state index in [9.17, 15) is 14.0 Å². The first kappa shape index (κ1) is 20.2. The Morgan fingerprint density at radius 1 is 1.15 bits per heavy atom. The number of nitrogens with zero attached hydrogens (tertiary/aromatic N) is 1. The number of carbonyl (C=O) groups is 2. The summed E-state index contributed by atoms with van der Waals surface area (Å²) in [6.45, 7) is 1.80. The molecule has 0 fully saturated rings. The molecule has 0 saturated carbocycles. The van der Waals surface area contributed by atoms with Crippen LogP contribution in [0.3, 0.4) is 0 Å². The van der Waals surface area contributed by atoms with Gasteiger partial charge in [0, 0.05) is 23.6 Å². The molecule has 0 heterocycles. The second-order valence-electron chi connectivity index (χ2n) is 5.85. The largest absolute Gasteiger partial charge is 0.357 e. The molecule has 0 bridgehead atoms. The zero-order valence-corrected chi connectivity index (χ0v) is 15.9. The summed E-state index contributed by atoms with van der Waals surface area (Å²) in [7, 11) is 1.51. The molecule has 0 spiro atoms. The number of likely N-dealkylation sites (N-methyl/N-ethyl adjacent to an activating group) is 1. The molecule has 1 atom stereocenters. The number of amides is 2. The molecule has 0 aliphatic rings. The van der Waals surface area contributed by atoms with Gasteiger partial charge in [-0.3, -0.25) is 9.59 Å². The fraction of sp³-hybridized carbons (Fsp3) is 0.263. The van der Waals surface area contributed by atoms with Gasteiger partial charge >= 0.3 is 0 Å². The average Bonchev–Trinajstić information content (AvgIpc) is 2.61. The van der Waals surface area contributed by atoms with Crippen molar-refractivity contribution in [1.82, 2.24) is 10.2 Å². The highest BCUT2D eigenvalue weighted by molar-refractivity contribution is 6.35. The highest BCUT2D eigenvalue weighted by Crippen LogP contribution is 2.23. The topological polar surface area (TPSA) is 49.4 Å². The van der Waals surface area contributed by atoms with Crippen molar-refractivity contribution in [3.63, 3.8) is 0 Å². The normalized spacial score (nSPS) is 11.7. The lowest BCUT2D eigenvalue weighted by molar-refractivity contribution is -0.139. The van der Waals surface area contributed by atoms with Gasteiger partial charge in [0.25, 0.3) is 0 Å². The minimum Gasteiger partial charge on any atom is -0.357 e. The highest BCUT2D eigenvalue weighted by Gasteiger charge is 2.26. The summed E-state index contributed by atoms with van der Waals surface area (Å²) in [4.78, 5) is 26.3. The van der Waals surface area contributed by atoms with Crippen molar-refractivity contribution < 1.29 is 14.0 Å². The second kappa shape index (κ2) is 9.01. The quantitative estimate of drug-likeness (QED) is 0.806. The fourth-order valence-corrected chi connectivity index (χ4v) is 2.97. The maximum absolute atomic E-state index is 13.1. The van der Waals surface area contributed by atoms with E-state index in [1.165, 1.54) is 24.1 Å². The Kier molecular flexibility index (Phi) is 7.00. The van der Waals surface area contributed by atoms with Gasteiger partial charge in [0.1, 0.15) is 11.9 Å². The predicted molar refractivity (Wildman–Crippen MR) is 101 cm³/mol. The minimum absolute atomic E-state index is 0.0484. The highest BCUT2D eigenvalue weighted by atomic mass is 35.5. The van der Waals surface area contributed by atoms with Crippen molar-refractivity contribution >= 4 is 35.0 Å². The molecule has 1 N–H and O–H groups in total. The molecule has 0 unspecified atom stereocenters. The Balaban J connectivity index is 2.26. The fourth-order valence-electron chi connectivity index (χ4n) is 2.50. The van der Waals surface area contributed by atoms with E-state index in [-0.39, 0.29) is 30.6 Å². The van der Waals surface area contributed by atoms with E-state index in [1.807, 2.05) is 0 Å². The molecule has 0 aliphatic carbocycles. The van der Waals surface area contributed by atoms with Crippen LogP contribution >= 0.6 is 23.2 Å². The molecule has 0 saturated heterocycles. The lowest BCUT2D eigenvalue weighted by atomic mass is 10.1. The molecule has 0 radical (unpaired) electrons. The molecule has 2 amide bonds. The Hall–Kier alpha value is -2.11. The van der Waals surface area contributed by atoms with Crippen LogP contribution in [0.5, 0.6) is 0 Å². The minimum atomic E-state index is -0.695. The van der Waals surface area contributed by atoms with Gasteiger partial charge in [0.2, 0.25) is 11.8 Å². The third-order valence-corrected chi connectivity index (χ3v) is 4.63. The molecule has 7 heteroatoms. The third kappa shape index (κ3) is 5.19. The number of carbonyl (C=O) groups excluding carboxylic acids is 2. The monoisotopic (exact) mass is 396 g/mol. The molecule has 138 valence electrons. The van der Waals surface area contributed by atoms with Gasteiger partial charge in [-0.05, 0) is 42.3 Å². The van der Waals surface area contributed by atoms with Crippen LogP contribution in [0.1, 0.15) is 18.1 Å². The molecule has 2 aromatic rings. The van der Waals surface area contributed by atoms with Crippen LogP contribution in [0.4, 0.5) is 4.39 Å². The van der Waals surface area contributed by atoms with E-state index in [1.54, 1.807) is 37.3 Å². The van der Waals surface area contributed by atoms with Crippen molar-refractivity contribution in [1.29, 1.82) is 0 Å². The third-order valence-electron chi connectivity index (χ3n) is 4.04. The summed E-state index contributed by atoms with van der Waals surface area (Å²) in [5.74, 6) is -0.925. The van der Waals surface area contributed by atoms with Crippen molar-refractivity contribution in [3.05, 3.63) is 69.5 Å². The Labute approximate surface area is 161 Å². The van der Waals surface area contributed by atoms with Crippen LogP contribution in [0.2, 0.25) is 10.0 Å². The predicted octanol–water partition coefficient (Wildman–Crippen LogP) is 3.84. The Morgan fingerprint density at radius 3 is 2.38 bits per heavy atom. The number of benzene rings is 2. The number of rotatable bonds is 6. The van der Waals surface area contributed by atoms with Crippen LogP contribution in [0.15, 0.2) is 42.5 Å². The number of halogens is 3. The van der Waals surface area contributed by atoms with Crippen LogP contribution in [0, 0.1) is 5.82 Å². The second-order valence-corrected chi connectivity index (χ2v) is 6.69. The molecular formula is C19H19Cl2FN2O2. The number of hydrogen-bond donors (Lipinski definition) is 1. The Morgan fingerprint density at radius 2 is 1.81 bits per heavy atom. The number of hydrogen-bond acceptors (Lipinski definition) is 2. The van der Waals surface area contributed by atoms with Crippen LogP contribution in [0.25, 0.3) is 0 Å². The summed E-state index contributed by atoms with van der Waals surface area (Å²) in [6, 6.07) is 9.98. The summed E-state index contributed by atoms with van der Waals surface area (Å²) < 4.78 is 13.1. The first-order valence-electron chi connectivity index (χ1n) is 8.01. The molecule has 0 aromatic heterocycles. The van der Waals surface area contributed by atoms with E-state index in [4.69, 9.17) is 23.2 Å². The zero-order valence-electron chi connectivity index (χ0n) is 14.4. The van der Waals surface area contributed by atoms with Gasteiger partial charge in [-0.25, -0.2) is 4.39 Å². The SMILES string of the molecule is CNC(=O)[C@H](C)N(Cc1ccc(Cl)cc1Cl)C(=O)Cc1ccc(F)cc1. The van der Waals surface area contributed by atoms with E-state index in [0.29, 0.717) is 21.2 Å². The van der Waals surface area contributed by atoms with E-state index in [0.717, 1.165) is 0 Å². The van der Waals surface area contributed by atoms with Gasteiger partial charge in [0.05, 0.1) is 6.42 Å². The average molecular weight is 397 g/mol. The molecular weight excluding hydrogens is 378 g/mol. The van der Waals surface area contributed by atoms with Crippen molar-refractivity contribution in [2.24, 2.45) is 0 Å². The maximum Gasteiger partial charge on any atom is 0.242 e. The summed E-state index contributed by atoms with van der Waals surface area (Å²) in [5, 5.41) is 3.45. The molecule has 4 nitrogen and oxygen atoms in total. The summed E-state index contributed by atoms with van der Waals surface area (Å²) in [5.41, 5.74) is 1.34. The standard InChI is InChI=1S/C19H19Cl2FN2O2/c1-12(19(26)23-2)24(11-14-5-6-15(20)10-17(14)21)18(25)9-13-3-7-16(22)8-4-13/h3-8,10,12H,9,11H2,1-2H3,(H,23,26)/t12-/m0/s1. The maximum atomic E-state index is 13.1. The molecule has 2 rings (SSSR count). The lowest BCUT2D eigenvalue weighted by Gasteiger charge is -2.29. The first-order chi connectivity index (χ1) is 12.3. The smallest absolute Gasteiger partial charge is 0.242 e. The van der Waals surface area contributed by atoms with Crippen LogP contribution in [-0.2, 0) is 22.6 Å². The van der Waals surface area contributed by atoms with E-state index >= 15 is 0 Å². The van der Waals surface area contributed by atoms with Gasteiger partial charge in [-0.2, -0.15) is 0 Å². The van der Waals surface area contributed by atoms with Gasteiger partial charge in [-0.1, -0.05) is 41.4 Å². The lowest BCUT2D eigenvalue weighted by Crippen LogP contribution is -2.47. The Bertz CT molecular complexity index is 797. The van der Waals surface area contributed by atoms with E-state index in [2.05, 4.69) is 5.32 Å². The number of nitrogens with one attached hydrogen (secondary N) is 1. The van der Waals surface area contributed by atoms with Crippen LogP contribution < -0.4 is 5.32 Å². The molecule has 0 aliphatic heterocycles. The summed E-state index contributed by atoms with van der Waals surface area (Å²) >= 11 is 12.1. The van der Waals surface area contributed by atoms with Gasteiger partial charge in [-0.15, -0.1) is 0 Å². The van der Waals surface area contributed by atoms with Crippen LogP contribution in [-0.4, -0.2) is 29.8 Å².